The molecule has 0 unspecified atom stereocenters. The largest absolute Gasteiger partial charge is 0.480 e. The first-order valence-electron chi connectivity index (χ1n) is 5.93. The van der Waals surface area contributed by atoms with Crippen molar-refractivity contribution in [1.82, 2.24) is 20.2 Å². The molecular formula is C12H13ClN4O3. The highest BCUT2D eigenvalue weighted by atomic mass is 35.5. The number of aliphatic carboxylic acids is 1. The molecule has 0 aliphatic heterocycles. The van der Waals surface area contributed by atoms with E-state index in [-0.39, 0.29) is 6.42 Å². The van der Waals surface area contributed by atoms with Gasteiger partial charge in [-0.2, -0.15) is 0 Å². The third-order valence-electron chi connectivity index (χ3n) is 2.66. The van der Waals surface area contributed by atoms with E-state index in [2.05, 4.69) is 15.4 Å². The van der Waals surface area contributed by atoms with E-state index in [1.54, 1.807) is 24.3 Å². The van der Waals surface area contributed by atoms with Crippen molar-refractivity contribution in [3.05, 3.63) is 29.3 Å². The van der Waals surface area contributed by atoms with Crippen LogP contribution in [0.1, 0.15) is 19.4 Å². The quantitative estimate of drug-likeness (QED) is 0.864. The van der Waals surface area contributed by atoms with Gasteiger partial charge in [-0.15, -0.1) is 15.0 Å². The molecule has 0 bridgehead atoms. The highest BCUT2D eigenvalue weighted by molar-refractivity contribution is 6.30. The lowest BCUT2D eigenvalue weighted by molar-refractivity contribution is -0.142. The van der Waals surface area contributed by atoms with Crippen molar-refractivity contribution in [1.29, 1.82) is 0 Å². The van der Waals surface area contributed by atoms with Crippen LogP contribution in [0.2, 0.25) is 5.02 Å². The van der Waals surface area contributed by atoms with Gasteiger partial charge in [0, 0.05) is 17.0 Å². The van der Waals surface area contributed by atoms with Gasteiger partial charge in [-0.3, -0.25) is 0 Å². The van der Waals surface area contributed by atoms with Crippen LogP contribution in [0.5, 0.6) is 0 Å². The Balaban J connectivity index is 2.26. The number of carbonyl (C=O) groups is 1. The van der Waals surface area contributed by atoms with Gasteiger partial charge in [0.1, 0.15) is 0 Å². The molecule has 2 rings (SSSR count). The van der Waals surface area contributed by atoms with Gasteiger partial charge in [0.15, 0.2) is 6.04 Å². The molecule has 0 fully saturated rings. The Morgan fingerprint density at radius 3 is 2.60 bits per heavy atom. The van der Waals surface area contributed by atoms with Crippen LogP contribution >= 0.6 is 11.6 Å². The topological polar surface area (TPSA) is 101 Å². The van der Waals surface area contributed by atoms with Crippen LogP contribution in [0.15, 0.2) is 24.3 Å². The summed E-state index contributed by atoms with van der Waals surface area (Å²) in [5.41, 5.74) is 0.682. The summed E-state index contributed by atoms with van der Waals surface area (Å²) >= 11 is 5.79. The summed E-state index contributed by atoms with van der Waals surface area (Å²) in [6.07, 6.45) is -0.771. The second-order valence-corrected chi connectivity index (χ2v) is 4.82. The van der Waals surface area contributed by atoms with Crippen LogP contribution in [-0.2, 0) is 4.79 Å². The molecule has 2 aromatic rings. The Kier molecular flexibility index (Phi) is 4.31. The van der Waals surface area contributed by atoms with Crippen molar-refractivity contribution in [3.8, 4) is 11.4 Å². The molecular weight excluding hydrogens is 284 g/mol. The van der Waals surface area contributed by atoms with E-state index >= 15 is 0 Å². The minimum Gasteiger partial charge on any atom is -0.480 e. The number of rotatable bonds is 5. The van der Waals surface area contributed by atoms with E-state index in [0.29, 0.717) is 16.4 Å². The fraction of sp³-hybridized carbons (Fsp3) is 0.333. The standard InChI is InChI=1S/C12H13ClN4O3/c1-7(18)6-10(12(19)20)17-15-11(14-16-17)8-2-4-9(13)5-3-8/h2-5,7,10,18H,6H2,1H3,(H,19,20)/t7-,10-/m0/s1. The Morgan fingerprint density at radius 2 is 2.05 bits per heavy atom. The molecule has 0 saturated heterocycles. The van der Waals surface area contributed by atoms with Crippen LogP contribution < -0.4 is 0 Å². The van der Waals surface area contributed by atoms with Gasteiger partial charge in [-0.1, -0.05) is 11.6 Å². The molecule has 106 valence electrons. The number of tetrazole rings is 1. The van der Waals surface area contributed by atoms with Gasteiger partial charge in [-0.25, -0.2) is 4.79 Å². The van der Waals surface area contributed by atoms with Crippen LogP contribution in [0.25, 0.3) is 11.4 Å². The maximum atomic E-state index is 11.2. The van der Waals surface area contributed by atoms with Crippen LogP contribution in [0.3, 0.4) is 0 Å². The van der Waals surface area contributed by atoms with Gasteiger partial charge in [-0.05, 0) is 36.4 Å². The zero-order valence-electron chi connectivity index (χ0n) is 10.6. The van der Waals surface area contributed by atoms with Crippen molar-refractivity contribution in [2.75, 3.05) is 0 Å². The zero-order valence-corrected chi connectivity index (χ0v) is 11.4. The number of halogens is 1. The van der Waals surface area contributed by atoms with Crippen LogP contribution in [-0.4, -0.2) is 42.5 Å². The molecule has 1 aromatic carbocycles. The molecule has 20 heavy (non-hydrogen) atoms. The molecule has 0 radical (unpaired) electrons. The summed E-state index contributed by atoms with van der Waals surface area (Å²) in [6.45, 7) is 1.51. The molecule has 0 saturated carbocycles. The zero-order chi connectivity index (χ0) is 14.7. The molecule has 0 aliphatic carbocycles. The number of hydrogen-bond donors (Lipinski definition) is 2. The highest BCUT2D eigenvalue weighted by Crippen LogP contribution is 2.19. The van der Waals surface area contributed by atoms with E-state index < -0.39 is 18.1 Å². The molecule has 1 aromatic heterocycles. The molecule has 0 spiro atoms. The highest BCUT2D eigenvalue weighted by Gasteiger charge is 2.24. The van der Waals surface area contributed by atoms with E-state index in [1.165, 1.54) is 6.92 Å². The first-order valence-corrected chi connectivity index (χ1v) is 6.31. The number of nitrogens with zero attached hydrogens (tertiary/aromatic N) is 4. The predicted octanol–water partition coefficient (Wildman–Crippen LogP) is 1.39. The SMILES string of the molecule is C[C@H](O)C[C@@H](C(=O)O)n1nnc(-c2ccc(Cl)cc2)n1. The summed E-state index contributed by atoms with van der Waals surface area (Å²) in [6, 6.07) is 5.75. The molecule has 1 heterocycles. The van der Waals surface area contributed by atoms with Crippen molar-refractivity contribution in [2.45, 2.75) is 25.5 Å². The monoisotopic (exact) mass is 296 g/mol. The van der Waals surface area contributed by atoms with Crippen molar-refractivity contribution >= 4 is 17.6 Å². The van der Waals surface area contributed by atoms with Gasteiger partial charge in [0.25, 0.3) is 0 Å². The van der Waals surface area contributed by atoms with E-state index in [0.717, 1.165) is 4.80 Å². The number of carboxylic acids is 1. The summed E-state index contributed by atoms with van der Waals surface area (Å²) < 4.78 is 0. The molecule has 0 amide bonds. The lowest BCUT2D eigenvalue weighted by Gasteiger charge is -2.11. The average Bonchev–Trinajstić information content (AvgIpc) is 2.85. The van der Waals surface area contributed by atoms with Gasteiger partial charge in [0.05, 0.1) is 6.10 Å². The van der Waals surface area contributed by atoms with Crippen molar-refractivity contribution in [2.24, 2.45) is 0 Å². The second-order valence-electron chi connectivity index (χ2n) is 4.38. The number of aromatic nitrogens is 4. The predicted molar refractivity (Wildman–Crippen MR) is 71.2 cm³/mol. The van der Waals surface area contributed by atoms with Gasteiger partial charge < -0.3 is 10.2 Å². The first kappa shape index (κ1) is 14.4. The maximum Gasteiger partial charge on any atom is 0.330 e. The summed E-state index contributed by atoms with van der Waals surface area (Å²) in [5, 5.41) is 30.6. The first-order chi connectivity index (χ1) is 9.47. The number of carboxylic acid groups (broad SMARTS) is 1. The Hall–Kier alpha value is -1.99. The molecule has 0 aliphatic rings. The fourth-order valence-corrected chi connectivity index (χ4v) is 1.81. The summed E-state index contributed by atoms with van der Waals surface area (Å²) in [4.78, 5) is 12.2. The maximum absolute atomic E-state index is 11.2. The normalized spacial score (nSPS) is 13.9. The third-order valence-corrected chi connectivity index (χ3v) is 2.91. The lowest BCUT2D eigenvalue weighted by Crippen LogP contribution is -2.25. The number of aliphatic hydroxyl groups excluding tert-OH is 1. The molecule has 7 nitrogen and oxygen atoms in total. The van der Waals surface area contributed by atoms with Crippen LogP contribution in [0, 0.1) is 0 Å². The smallest absolute Gasteiger partial charge is 0.330 e. The minimum atomic E-state index is -1.12. The molecule has 2 atom stereocenters. The Labute approximate surface area is 119 Å². The molecule has 8 heteroatoms. The number of aliphatic hydroxyl groups is 1. The van der Waals surface area contributed by atoms with Gasteiger partial charge >= 0.3 is 5.97 Å². The van der Waals surface area contributed by atoms with E-state index in [1.807, 2.05) is 0 Å². The Morgan fingerprint density at radius 1 is 1.40 bits per heavy atom. The minimum absolute atomic E-state index is 0.00571. The van der Waals surface area contributed by atoms with Crippen molar-refractivity contribution in [3.63, 3.8) is 0 Å². The number of benzene rings is 1. The molecule has 2 N–H and O–H groups in total. The number of hydrogen-bond acceptors (Lipinski definition) is 5. The van der Waals surface area contributed by atoms with Gasteiger partial charge in [0.2, 0.25) is 5.82 Å². The van der Waals surface area contributed by atoms with Crippen LogP contribution in [0.4, 0.5) is 0 Å². The Bertz CT molecular complexity index is 597. The summed E-state index contributed by atoms with van der Waals surface area (Å²) in [5.74, 6) is -0.815. The summed E-state index contributed by atoms with van der Waals surface area (Å²) in [7, 11) is 0. The fourth-order valence-electron chi connectivity index (χ4n) is 1.69. The average molecular weight is 297 g/mol. The van der Waals surface area contributed by atoms with E-state index in [4.69, 9.17) is 16.7 Å². The third kappa shape index (κ3) is 3.31. The second kappa shape index (κ2) is 5.98. The van der Waals surface area contributed by atoms with Crippen molar-refractivity contribution < 1.29 is 15.0 Å². The van der Waals surface area contributed by atoms with E-state index in [9.17, 15) is 9.90 Å². The lowest BCUT2D eigenvalue weighted by atomic mass is 10.1.